The van der Waals surface area contributed by atoms with Gasteiger partial charge in [0.15, 0.2) is 5.04 Å². The number of piperazine rings is 1. The van der Waals surface area contributed by atoms with Crippen LogP contribution >= 0.6 is 0 Å². The molecule has 5 rings (SSSR count). The van der Waals surface area contributed by atoms with Gasteiger partial charge in [-0.1, -0.05) is 12.2 Å². The SMILES string of the molecule is CN/N=C\C(=N)S(=O)(=O)N1CCN(C[C@H]2C[C@@H](OC)C2)[C@@H](C2=CC3C=NN(c4ccc(F)cc4)C3C=C2C)C1. The highest BCUT2D eigenvalue weighted by Crippen LogP contribution is 2.38. The molecule has 10 nitrogen and oxygen atoms in total. The van der Waals surface area contributed by atoms with E-state index in [0.29, 0.717) is 25.1 Å². The first-order chi connectivity index (χ1) is 18.7. The fourth-order valence-electron chi connectivity index (χ4n) is 5.90. The molecule has 2 unspecified atom stereocenters. The van der Waals surface area contributed by atoms with Crippen LogP contribution in [0.4, 0.5) is 10.1 Å². The predicted molar refractivity (Wildman–Crippen MR) is 151 cm³/mol. The molecule has 0 bridgehead atoms. The standard InChI is InChI=1S/C27H36FN7O3S/c1-18-10-25-20(14-32-35(25)22-6-4-21(28)5-7-22)13-24(18)26-17-34(39(36,37)27(29)15-31-30-2)9-8-33(26)16-19-11-23(12-19)38-3/h4-7,10,13-15,19-20,23,25-26,29-30H,8-9,11-12,16-17H2,1-3H3/b29-27?,31-15-/t19-,20?,23+,25?,26-/m1/s1. The number of fused-ring (bicyclic) bond motifs is 1. The van der Waals surface area contributed by atoms with E-state index < -0.39 is 15.1 Å². The van der Waals surface area contributed by atoms with Crippen molar-refractivity contribution in [2.75, 3.05) is 45.3 Å². The van der Waals surface area contributed by atoms with Crippen LogP contribution in [0.1, 0.15) is 19.8 Å². The molecule has 3 atom stereocenters. The largest absolute Gasteiger partial charge is 0.381 e. The summed E-state index contributed by atoms with van der Waals surface area (Å²) in [6.07, 6.45) is 9.62. The summed E-state index contributed by atoms with van der Waals surface area (Å²) in [4.78, 5) is 2.39. The first kappa shape index (κ1) is 27.6. The maximum atomic E-state index is 13.5. The normalized spacial score (nSPS) is 29.6. The van der Waals surface area contributed by atoms with Crippen LogP contribution in [0.25, 0.3) is 0 Å². The molecule has 1 aromatic rings. The number of nitrogens with one attached hydrogen (secondary N) is 2. The highest BCUT2D eigenvalue weighted by molar-refractivity contribution is 8.06. The van der Waals surface area contributed by atoms with Crippen LogP contribution in [0, 0.1) is 23.1 Å². The minimum atomic E-state index is -3.98. The summed E-state index contributed by atoms with van der Waals surface area (Å²) in [7, 11) is -0.674. The smallest absolute Gasteiger partial charge is 0.261 e. The molecule has 2 fully saturated rings. The van der Waals surface area contributed by atoms with Gasteiger partial charge >= 0.3 is 0 Å². The number of hydrogen-bond acceptors (Lipinski definition) is 9. The number of halogens is 1. The Kier molecular flexibility index (Phi) is 7.99. The number of nitrogens with zero attached hydrogens (tertiary/aromatic N) is 5. The van der Waals surface area contributed by atoms with Crippen molar-refractivity contribution in [3.05, 3.63) is 53.4 Å². The van der Waals surface area contributed by atoms with Crippen LogP contribution < -0.4 is 10.4 Å². The Morgan fingerprint density at radius 1 is 1.26 bits per heavy atom. The summed E-state index contributed by atoms with van der Waals surface area (Å²) in [5.74, 6) is 0.219. The Bertz CT molecular complexity index is 1300. The summed E-state index contributed by atoms with van der Waals surface area (Å²) in [5.41, 5.74) is 5.47. The maximum absolute atomic E-state index is 13.5. The first-order valence-electron chi connectivity index (χ1n) is 13.3. The van der Waals surface area contributed by atoms with Gasteiger partial charge in [-0.05, 0) is 61.1 Å². The number of ether oxygens (including phenoxy) is 1. The molecule has 1 saturated heterocycles. The molecule has 0 radical (unpaired) electrons. The number of anilines is 1. The Hall–Kier alpha value is -2.93. The van der Waals surface area contributed by atoms with E-state index in [1.807, 2.05) is 11.2 Å². The van der Waals surface area contributed by atoms with E-state index in [1.54, 1.807) is 26.3 Å². The molecule has 0 spiro atoms. The highest BCUT2D eigenvalue weighted by atomic mass is 32.2. The van der Waals surface area contributed by atoms with Gasteiger partial charge in [0.05, 0.1) is 24.0 Å². The van der Waals surface area contributed by atoms with Gasteiger partial charge in [0.2, 0.25) is 0 Å². The van der Waals surface area contributed by atoms with E-state index in [4.69, 9.17) is 10.1 Å². The molecule has 210 valence electrons. The average Bonchev–Trinajstić information content (AvgIpc) is 3.31. The lowest BCUT2D eigenvalue weighted by molar-refractivity contribution is -0.0184. The number of rotatable bonds is 8. The molecule has 0 aromatic heterocycles. The van der Waals surface area contributed by atoms with Gasteiger partial charge in [0, 0.05) is 58.5 Å². The molecule has 2 aliphatic carbocycles. The summed E-state index contributed by atoms with van der Waals surface area (Å²) < 4.78 is 46.9. The monoisotopic (exact) mass is 557 g/mol. The third-order valence-corrected chi connectivity index (χ3v) is 9.81. The second-order valence-corrected chi connectivity index (χ2v) is 12.4. The fourth-order valence-corrected chi connectivity index (χ4v) is 7.03. The van der Waals surface area contributed by atoms with Crippen LogP contribution in [0.3, 0.4) is 0 Å². The number of sulfonamides is 1. The second-order valence-electron chi connectivity index (χ2n) is 10.5. The van der Waals surface area contributed by atoms with Gasteiger partial charge in [-0.15, -0.1) is 0 Å². The molecule has 12 heteroatoms. The number of hydrazone groups is 2. The third-order valence-electron chi connectivity index (χ3n) is 8.14. The van der Waals surface area contributed by atoms with Crippen molar-refractivity contribution < 1.29 is 17.5 Å². The minimum Gasteiger partial charge on any atom is -0.381 e. The molecule has 2 aliphatic heterocycles. The van der Waals surface area contributed by atoms with E-state index >= 15 is 0 Å². The van der Waals surface area contributed by atoms with Crippen molar-refractivity contribution in [2.24, 2.45) is 22.0 Å². The quantitative estimate of drug-likeness (QED) is 0.288. The zero-order chi connectivity index (χ0) is 27.7. The molecule has 2 heterocycles. The van der Waals surface area contributed by atoms with Crippen LogP contribution in [0.15, 0.2) is 57.8 Å². The van der Waals surface area contributed by atoms with Gasteiger partial charge in [-0.25, -0.2) is 12.8 Å². The van der Waals surface area contributed by atoms with Gasteiger partial charge in [-0.3, -0.25) is 15.3 Å². The molecular formula is C27H36FN7O3S. The van der Waals surface area contributed by atoms with E-state index in [-0.39, 0.29) is 30.4 Å². The average molecular weight is 558 g/mol. The fraction of sp³-hybridized carbons (Fsp3) is 0.519. The van der Waals surface area contributed by atoms with Gasteiger partial charge in [0.25, 0.3) is 10.0 Å². The van der Waals surface area contributed by atoms with Gasteiger partial charge in [-0.2, -0.15) is 14.5 Å². The van der Waals surface area contributed by atoms with E-state index in [0.717, 1.165) is 42.4 Å². The highest BCUT2D eigenvalue weighted by Gasteiger charge is 2.42. The van der Waals surface area contributed by atoms with Crippen molar-refractivity contribution in [1.29, 1.82) is 5.41 Å². The topological polar surface area (TPSA) is 114 Å². The Morgan fingerprint density at radius 2 is 2.00 bits per heavy atom. The summed E-state index contributed by atoms with van der Waals surface area (Å²) in [5, 5.41) is 17.8. The van der Waals surface area contributed by atoms with Crippen molar-refractivity contribution in [2.45, 2.75) is 38.0 Å². The zero-order valence-corrected chi connectivity index (χ0v) is 23.3. The predicted octanol–water partition coefficient (Wildman–Crippen LogP) is 2.43. The lowest BCUT2D eigenvalue weighted by Gasteiger charge is -2.46. The summed E-state index contributed by atoms with van der Waals surface area (Å²) in [6.45, 7) is 4.07. The summed E-state index contributed by atoms with van der Waals surface area (Å²) >= 11 is 0. The lowest BCUT2D eigenvalue weighted by atomic mass is 9.80. The molecule has 1 saturated carbocycles. The summed E-state index contributed by atoms with van der Waals surface area (Å²) in [6, 6.07) is 6.12. The van der Waals surface area contributed by atoms with E-state index in [1.165, 1.54) is 16.4 Å². The van der Waals surface area contributed by atoms with Crippen LogP contribution in [-0.4, -0.2) is 93.6 Å². The molecule has 2 N–H and O–H groups in total. The van der Waals surface area contributed by atoms with Crippen LogP contribution in [0.2, 0.25) is 0 Å². The van der Waals surface area contributed by atoms with E-state index in [9.17, 15) is 12.8 Å². The third kappa shape index (κ3) is 5.56. The van der Waals surface area contributed by atoms with Crippen molar-refractivity contribution in [1.82, 2.24) is 14.6 Å². The van der Waals surface area contributed by atoms with E-state index in [2.05, 4.69) is 39.6 Å². The Balaban J connectivity index is 1.40. The van der Waals surface area contributed by atoms with Crippen LogP contribution in [0.5, 0.6) is 0 Å². The molecular weight excluding hydrogens is 521 g/mol. The zero-order valence-electron chi connectivity index (χ0n) is 22.5. The number of methoxy groups -OCH3 is 1. The second kappa shape index (κ2) is 11.3. The van der Waals surface area contributed by atoms with Gasteiger partial charge < -0.3 is 10.2 Å². The van der Waals surface area contributed by atoms with Crippen molar-refractivity contribution in [3.63, 3.8) is 0 Å². The molecule has 4 aliphatic rings. The molecule has 0 amide bonds. The Labute approximate surface area is 229 Å². The van der Waals surface area contributed by atoms with Crippen molar-refractivity contribution >= 4 is 33.2 Å². The number of hydrogen-bond donors (Lipinski definition) is 2. The lowest BCUT2D eigenvalue weighted by Crippen LogP contribution is -2.58. The molecule has 1 aromatic carbocycles. The number of benzene rings is 1. The Morgan fingerprint density at radius 3 is 2.69 bits per heavy atom. The van der Waals surface area contributed by atoms with Crippen molar-refractivity contribution in [3.8, 4) is 0 Å². The first-order valence-corrected chi connectivity index (χ1v) is 14.7. The minimum absolute atomic E-state index is 0.00484. The maximum Gasteiger partial charge on any atom is 0.261 e. The molecule has 39 heavy (non-hydrogen) atoms. The van der Waals surface area contributed by atoms with Crippen LogP contribution in [-0.2, 0) is 14.8 Å². The van der Waals surface area contributed by atoms with Gasteiger partial charge in [0.1, 0.15) is 5.82 Å².